The van der Waals surface area contributed by atoms with Gasteiger partial charge in [-0.2, -0.15) is 5.11 Å². The summed E-state index contributed by atoms with van der Waals surface area (Å²) in [7, 11) is 0. The lowest BCUT2D eigenvalue weighted by molar-refractivity contribution is 0.187. The predicted molar refractivity (Wildman–Crippen MR) is 95.6 cm³/mol. The average molecular weight is 361 g/mol. The molecule has 0 saturated heterocycles. The second-order valence-electron chi connectivity index (χ2n) is 5.26. The van der Waals surface area contributed by atoms with E-state index in [1.54, 1.807) is 24.3 Å². The number of azo groups is 1. The second kappa shape index (κ2) is 6.77. The van der Waals surface area contributed by atoms with Crippen molar-refractivity contribution in [3.63, 3.8) is 0 Å². The van der Waals surface area contributed by atoms with Gasteiger partial charge in [0.25, 0.3) is 0 Å². The number of aliphatic hydroxyl groups excluding tert-OH is 1. The molecule has 2 unspecified atom stereocenters. The van der Waals surface area contributed by atoms with Gasteiger partial charge < -0.3 is 10.2 Å². The summed E-state index contributed by atoms with van der Waals surface area (Å²) >= 11 is 12.9. The minimum absolute atomic E-state index is 0.0363. The van der Waals surface area contributed by atoms with Gasteiger partial charge in [0, 0.05) is 0 Å². The lowest BCUT2D eigenvalue weighted by Crippen LogP contribution is -2.36. The number of nitrogens with zero attached hydrogens (tertiary/aromatic N) is 2. The molecular formula is C18H14Cl2N2O2. The number of halogens is 2. The normalized spacial score (nSPS) is 23.9. The first-order chi connectivity index (χ1) is 11.5. The highest BCUT2D eigenvalue weighted by Gasteiger charge is 2.42. The fraction of sp³-hybridized carbons (Fsp3) is 0.111. The van der Waals surface area contributed by atoms with Crippen LogP contribution in [0.2, 0.25) is 0 Å². The largest absolute Gasteiger partial charge is 0.506 e. The Morgan fingerprint density at radius 3 is 2.38 bits per heavy atom. The highest BCUT2D eigenvalue weighted by Crippen LogP contribution is 2.43. The minimum atomic E-state index is -1.65. The molecule has 2 aromatic rings. The van der Waals surface area contributed by atoms with E-state index in [2.05, 4.69) is 10.2 Å². The molecule has 0 heterocycles. The maximum Gasteiger partial charge on any atom is 0.219 e. The molecule has 2 aromatic carbocycles. The van der Waals surface area contributed by atoms with Gasteiger partial charge in [0.05, 0.1) is 5.03 Å². The number of phenols is 1. The van der Waals surface area contributed by atoms with Gasteiger partial charge in [0.2, 0.25) is 5.00 Å². The second-order valence-corrected chi connectivity index (χ2v) is 6.21. The predicted octanol–water partition coefficient (Wildman–Crippen LogP) is 4.99. The smallest absolute Gasteiger partial charge is 0.219 e. The summed E-state index contributed by atoms with van der Waals surface area (Å²) in [6.45, 7) is 0. The van der Waals surface area contributed by atoms with Crippen molar-refractivity contribution in [1.82, 2.24) is 0 Å². The molecule has 4 nitrogen and oxygen atoms in total. The van der Waals surface area contributed by atoms with Gasteiger partial charge >= 0.3 is 0 Å². The topological polar surface area (TPSA) is 65.2 Å². The minimum Gasteiger partial charge on any atom is -0.506 e. The first-order valence-electron chi connectivity index (χ1n) is 7.24. The van der Waals surface area contributed by atoms with E-state index < -0.39 is 11.1 Å². The fourth-order valence-electron chi connectivity index (χ4n) is 2.33. The van der Waals surface area contributed by atoms with Gasteiger partial charge in [-0.1, -0.05) is 77.8 Å². The fourth-order valence-corrected chi connectivity index (χ4v) is 2.86. The Kier molecular flexibility index (Phi) is 4.71. The number of phenolic OH excluding ortho intramolecular Hbond substituents is 1. The molecule has 0 saturated carbocycles. The number of rotatable bonds is 3. The number of aromatic hydroxyl groups is 1. The molecular weight excluding hydrogens is 347 g/mol. The van der Waals surface area contributed by atoms with Crippen LogP contribution in [0.4, 0.5) is 5.69 Å². The lowest BCUT2D eigenvalue weighted by Gasteiger charge is -2.29. The third kappa shape index (κ3) is 3.08. The lowest BCUT2D eigenvalue weighted by atomic mass is 9.94. The first-order valence-corrected chi connectivity index (χ1v) is 7.99. The molecule has 0 radical (unpaired) electrons. The highest BCUT2D eigenvalue weighted by atomic mass is 35.5. The van der Waals surface area contributed by atoms with E-state index in [9.17, 15) is 10.2 Å². The Hall–Kier alpha value is -2.14. The van der Waals surface area contributed by atoms with Crippen LogP contribution in [-0.2, 0) is 0 Å². The van der Waals surface area contributed by atoms with Crippen LogP contribution in [-0.4, -0.2) is 21.3 Å². The number of para-hydroxylation sites is 1. The first kappa shape index (κ1) is 16.7. The molecule has 0 fully saturated rings. The zero-order chi connectivity index (χ0) is 17.2. The van der Waals surface area contributed by atoms with Crippen LogP contribution in [0.3, 0.4) is 0 Å². The van der Waals surface area contributed by atoms with E-state index in [4.69, 9.17) is 23.2 Å². The molecule has 0 aliphatic heterocycles. The van der Waals surface area contributed by atoms with Crippen molar-refractivity contribution in [3.8, 4) is 5.75 Å². The molecule has 0 amide bonds. The molecule has 2 atom stereocenters. The third-order valence-electron chi connectivity index (χ3n) is 3.65. The Balaban J connectivity index is 2.03. The van der Waals surface area contributed by atoms with Crippen LogP contribution in [0, 0.1) is 0 Å². The van der Waals surface area contributed by atoms with E-state index in [-0.39, 0.29) is 16.5 Å². The summed E-state index contributed by atoms with van der Waals surface area (Å²) < 4.78 is 0. The Morgan fingerprint density at radius 2 is 1.67 bits per heavy atom. The summed E-state index contributed by atoms with van der Waals surface area (Å²) in [6.07, 6.45) is 2.08. The Morgan fingerprint density at radius 1 is 1.00 bits per heavy atom. The van der Waals surface area contributed by atoms with Crippen molar-refractivity contribution in [3.05, 3.63) is 77.3 Å². The quantitative estimate of drug-likeness (QED) is 0.459. The van der Waals surface area contributed by atoms with Gasteiger partial charge in [-0.05, 0) is 23.3 Å². The van der Waals surface area contributed by atoms with E-state index in [0.29, 0.717) is 5.57 Å². The number of allylic oxidation sites excluding steroid dienone is 2. The van der Waals surface area contributed by atoms with Crippen molar-refractivity contribution in [2.75, 3.05) is 0 Å². The molecule has 24 heavy (non-hydrogen) atoms. The summed E-state index contributed by atoms with van der Waals surface area (Å²) in [5, 5.41) is 28.2. The summed E-state index contributed by atoms with van der Waals surface area (Å²) in [5.41, 5.74) is 1.76. The summed E-state index contributed by atoms with van der Waals surface area (Å²) in [6, 6.07) is 15.9. The molecule has 122 valence electrons. The number of alkyl halides is 1. The molecule has 0 spiro atoms. The summed E-state index contributed by atoms with van der Waals surface area (Å²) in [4.78, 5) is -1.65. The van der Waals surface area contributed by atoms with E-state index in [1.165, 1.54) is 12.1 Å². The SMILES string of the molecule is Oc1ccccc1N=NC1(Cl)C(Cl)=C(c2ccccc2)C=CC1O. The van der Waals surface area contributed by atoms with Crippen LogP contribution >= 0.6 is 23.2 Å². The standard InChI is InChI=1S/C18H14Cl2N2O2/c19-17-13(12-6-2-1-3-7-12)10-11-16(24)18(17,20)22-21-14-8-4-5-9-15(14)23/h1-11,16,23-24H. The molecule has 0 bridgehead atoms. The highest BCUT2D eigenvalue weighted by molar-refractivity contribution is 6.42. The molecule has 3 rings (SSSR count). The van der Waals surface area contributed by atoms with Crippen LogP contribution < -0.4 is 0 Å². The van der Waals surface area contributed by atoms with Crippen LogP contribution in [0.15, 0.2) is 82.0 Å². The number of hydrogen-bond donors (Lipinski definition) is 2. The van der Waals surface area contributed by atoms with Crippen molar-refractivity contribution in [1.29, 1.82) is 0 Å². The maximum atomic E-state index is 10.3. The number of hydrogen-bond acceptors (Lipinski definition) is 4. The zero-order valence-corrected chi connectivity index (χ0v) is 14.0. The monoisotopic (exact) mass is 360 g/mol. The molecule has 6 heteroatoms. The van der Waals surface area contributed by atoms with Gasteiger partial charge in [0.1, 0.15) is 17.5 Å². The Labute approximate surface area is 149 Å². The Bertz CT molecular complexity index is 834. The van der Waals surface area contributed by atoms with Gasteiger partial charge in [-0.3, -0.25) is 0 Å². The van der Waals surface area contributed by atoms with Crippen molar-refractivity contribution < 1.29 is 10.2 Å². The maximum absolute atomic E-state index is 10.3. The van der Waals surface area contributed by atoms with E-state index in [0.717, 1.165) is 5.56 Å². The van der Waals surface area contributed by atoms with Gasteiger partial charge in [0.15, 0.2) is 0 Å². The molecule has 1 aliphatic rings. The van der Waals surface area contributed by atoms with Crippen molar-refractivity contribution in [2.45, 2.75) is 11.1 Å². The number of benzene rings is 2. The molecule has 2 N–H and O–H groups in total. The van der Waals surface area contributed by atoms with Crippen molar-refractivity contribution in [2.24, 2.45) is 10.2 Å². The van der Waals surface area contributed by atoms with Crippen molar-refractivity contribution >= 4 is 34.5 Å². The van der Waals surface area contributed by atoms with Gasteiger partial charge in [-0.15, -0.1) is 5.11 Å². The zero-order valence-electron chi connectivity index (χ0n) is 12.5. The molecule has 1 aliphatic carbocycles. The third-order valence-corrected chi connectivity index (χ3v) is 4.73. The van der Waals surface area contributed by atoms with Crippen LogP contribution in [0.25, 0.3) is 5.57 Å². The molecule has 0 aromatic heterocycles. The van der Waals surface area contributed by atoms with E-state index in [1.807, 2.05) is 30.3 Å². The van der Waals surface area contributed by atoms with E-state index >= 15 is 0 Å². The van der Waals surface area contributed by atoms with Crippen LogP contribution in [0.5, 0.6) is 5.75 Å². The average Bonchev–Trinajstić information content (AvgIpc) is 2.60. The van der Waals surface area contributed by atoms with Gasteiger partial charge in [-0.25, -0.2) is 0 Å². The number of aliphatic hydroxyl groups is 1. The summed E-state index contributed by atoms with van der Waals surface area (Å²) in [5.74, 6) is -0.0363. The van der Waals surface area contributed by atoms with Crippen LogP contribution in [0.1, 0.15) is 5.56 Å².